The summed E-state index contributed by atoms with van der Waals surface area (Å²) in [6, 6.07) is -0.814. The molecule has 0 aliphatic heterocycles. The molecule has 0 saturated heterocycles. The van der Waals surface area contributed by atoms with Gasteiger partial charge in [0, 0.05) is 5.75 Å². The first kappa shape index (κ1) is 22.6. The highest BCUT2D eigenvalue weighted by atomic mass is 35.5. The van der Waals surface area contributed by atoms with E-state index in [1.807, 2.05) is 6.92 Å². The number of hydrogen-bond acceptors (Lipinski definition) is 11. The molecule has 13 heteroatoms. The van der Waals surface area contributed by atoms with Gasteiger partial charge in [-0.2, -0.15) is 4.98 Å². The van der Waals surface area contributed by atoms with E-state index in [9.17, 15) is 25.1 Å². The first-order chi connectivity index (χ1) is 13.3. The molecule has 3 N–H and O–H groups in total. The van der Waals surface area contributed by atoms with Gasteiger partial charge in [-0.25, -0.2) is 9.78 Å². The van der Waals surface area contributed by atoms with Gasteiger partial charge in [-0.15, -0.1) is 0 Å². The normalized spacial score (nSPS) is 24.2. The Morgan fingerprint density at radius 3 is 2.75 bits per heavy atom. The number of carbonyl (C=O) groups is 1. The number of carbonyl (C=O) groups excluding carboxylic acids is 1. The fraction of sp³-hybridized carbons (Fsp3) is 0.667. The summed E-state index contributed by atoms with van der Waals surface area (Å²) in [5, 5.41) is 34.5. The lowest BCUT2D eigenvalue weighted by Gasteiger charge is -2.18. The van der Waals surface area contributed by atoms with Crippen molar-refractivity contribution in [1.82, 2.24) is 9.97 Å². The maximum Gasteiger partial charge on any atom is 0.348 e. The average Bonchev–Trinajstić information content (AvgIpc) is 2.91. The van der Waals surface area contributed by atoms with E-state index in [1.165, 1.54) is 18.9 Å². The van der Waals surface area contributed by atoms with Gasteiger partial charge >= 0.3 is 11.7 Å². The van der Waals surface area contributed by atoms with Crippen LogP contribution in [0.25, 0.3) is 0 Å². The predicted molar refractivity (Wildman–Crippen MR) is 101 cm³/mol. The molecule has 1 aromatic rings. The Bertz CT molecular complexity index is 726. The topological polar surface area (TPSA) is 157 Å². The quantitative estimate of drug-likeness (QED) is 0.127. The third-order valence-electron chi connectivity index (χ3n) is 4.03. The fourth-order valence-corrected chi connectivity index (χ4v) is 3.62. The smallest absolute Gasteiger partial charge is 0.348 e. The van der Waals surface area contributed by atoms with Gasteiger partial charge in [0.2, 0.25) is 11.0 Å². The summed E-state index contributed by atoms with van der Waals surface area (Å²) >= 11 is 7.24. The lowest BCUT2D eigenvalue weighted by Crippen LogP contribution is -2.37. The fourth-order valence-electron chi connectivity index (χ4n) is 2.64. The maximum absolute atomic E-state index is 11.4. The molecule has 2 rings (SSSR count). The van der Waals surface area contributed by atoms with Crippen LogP contribution in [0.2, 0.25) is 5.15 Å². The van der Waals surface area contributed by atoms with Crippen molar-refractivity contribution in [1.29, 1.82) is 0 Å². The third-order valence-corrected chi connectivity index (χ3v) is 5.35. The minimum Gasteiger partial charge on any atom is -0.467 e. The Morgan fingerprint density at radius 2 is 2.14 bits per heavy atom. The molecular formula is C15H21ClN4O7S. The first-order valence-corrected chi connectivity index (χ1v) is 9.80. The summed E-state index contributed by atoms with van der Waals surface area (Å²) in [6.07, 6.45) is -2.54. The number of anilines is 1. The van der Waals surface area contributed by atoms with Gasteiger partial charge in [-0.05, 0) is 12.8 Å². The number of aliphatic hydroxyl groups excluding tert-OH is 2. The zero-order valence-corrected chi connectivity index (χ0v) is 16.8. The molecule has 1 heterocycles. The van der Waals surface area contributed by atoms with E-state index in [2.05, 4.69) is 20.0 Å². The minimum absolute atomic E-state index is 0.0789. The summed E-state index contributed by atoms with van der Waals surface area (Å²) in [5.74, 6) is -0.0932. The molecule has 1 saturated carbocycles. The van der Waals surface area contributed by atoms with Gasteiger partial charge in [-0.3, -0.25) is 10.1 Å². The molecule has 1 aliphatic rings. The van der Waals surface area contributed by atoms with E-state index in [4.69, 9.17) is 16.3 Å². The number of methoxy groups -OCH3 is 1. The molecule has 0 aromatic carbocycles. The number of esters is 1. The number of nitrogens with zero attached hydrogens (tertiary/aromatic N) is 3. The van der Waals surface area contributed by atoms with Crippen LogP contribution in [-0.4, -0.2) is 74.9 Å². The highest BCUT2D eigenvalue weighted by Gasteiger charge is 2.43. The lowest BCUT2D eigenvalue weighted by molar-refractivity contribution is -0.384. The maximum atomic E-state index is 11.4. The Balaban J connectivity index is 2.19. The summed E-state index contributed by atoms with van der Waals surface area (Å²) in [6.45, 7) is 1.57. The Labute approximate surface area is 169 Å². The minimum atomic E-state index is -1.30. The zero-order valence-electron chi connectivity index (χ0n) is 15.2. The van der Waals surface area contributed by atoms with Crippen LogP contribution in [0, 0.1) is 10.1 Å². The second-order valence-electron chi connectivity index (χ2n) is 5.99. The van der Waals surface area contributed by atoms with Gasteiger partial charge in [-0.1, -0.05) is 30.3 Å². The van der Waals surface area contributed by atoms with Gasteiger partial charge < -0.3 is 25.0 Å². The first-order valence-electron chi connectivity index (χ1n) is 8.44. The zero-order chi connectivity index (χ0) is 20.8. The van der Waals surface area contributed by atoms with Crippen molar-refractivity contribution in [3.8, 4) is 0 Å². The van der Waals surface area contributed by atoms with E-state index < -0.39 is 47.5 Å². The van der Waals surface area contributed by atoms with Crippen molar-refractivity contribution in [2.75, 3.05) is 24.8 Å². The van der Waals surface area contributed by atoms with Gasteiger partial charge in [0.1, 0.15) is 18.8 Å². The number of thioether (sulfide) groups is 1. The van der Waals surface area contributed by atoms with Crippen molar-refractivity contribution < 1.29 is 29.4 Å². The second-order valence-corrected chi connectivity index (χ2v) is 7.41. The summed E-state index contributed by atoms with van der Waals surface area (Å²) < 4.78 is 9.73. The molecule has 0 amide bonds. The molecule has 156 valence electrons. The molecule has 0 bridgehead atoms. The molecule has 11 nitrogen and oxygen atoms in total. The van der Waals surface area contributed by atoms with Crippen LogP contribution in [0.15, 0.2) is 5.16 Å². The van der Waals surface area contributed by atoms with Crippen molar-refractivity contribution in [3.63, 3.8) is 0 Å². The number of nitrogens with one attached hydrogen (secondary N) is 1. The molecule has 1 aliphatic carbocycles. The van der Waals surface area contributed by atoms with Crippen molar-refractivity contribution in [3.05, 3.63) is 15.3 Å². The molecule has 0 unspecified atom stereocenters. The van der Waals surface area contributed by atoms with E-state index in [1.54, 1.807) is 0 Å². The van der Waals surface area contributed by atoms with Crippen LogP contribution < -0.4 is 5.32 Å². The van der Waals surface area contributed by atoms with E-state index >= 15 is 0 Å². The second kappa shape index (κ2) is 10.2. The summed E-state index contributed by atoms with van der Waals surface area (Å²) in [4.78, 5) is 29.9. The Hall–Kier alpha value is -1.73. The Kier molecular flexibility index (Phi) is 8.19. The summed E-state index contributed by atoms with van der Waals surface area (Å²) in [7, 11) is 1.20. The number of aliphatic hydroxyl groups is 2. The molecule has 4 atom stereocenters. The molecule has 28 heavy (non-hydrogen) atoms. The Morgan fingerprint density at radius 1 is 1.43 bits per heavy atom. The monoisotopic (exact) mass is 436 g/mol. The molecular weight excluding hydrogens is 416 g/mol. The van der Waals surface area contributed by atoms with Crippen molar-refractivity contribution >= 4 is 40.8 Å². The lowest BCUT2D eigenvalue weighted by atomic mass is 10.2. The average molecular weight is 437 g/mol. The van der Waals surface area contributed by atoms with Gasteiger partial charge in [0.25, 0.3) is 0 Å². The standard InChI is InChI=1S/C15H21ClN4O7S/c1-3-4-28-15-18-13(16)10(20(24)25)14(19-15)17-7-5-8(12(23)11(7)22)27-6-9(21)26-2/h7-8,11-12,22-23H,3-6H2,1-2H3,(H,17,18,19)/t7-,8+,11+,12-/m1/s1. The van der Waals surface area contributed by atoms with Crippen molar-refractivity contribution in [2.45, 2.75) is 49.3 Å². The SMILES string of the molecule is CCCSc1nc(Cl)c([N+](=O)[O-])c(N[C@@H]2C[C@H](OCC(=O)OC)[C@@H](O)[C@H]2O)n1. The molecule has 0 spiro atoms. The number of hydrogen-bond donors (Lipinski definition) is 3. The van der Waals surface area contributed by atoms with Crippen LogP contribution in [-0.2, 0) is 14.3 Å². The van der Waals surface area contributed by atoms with E-state index in [0.29, 0.717) is 5.75 Å². The van der Waals surface area contributed by atoms with Crippen LogP contribution in [0.3, 0.4) is 0 Å². The summed E-state index contributed by atoms with van der Waals surface area (Å²) in [5.41, 5.74) is -0.525. The number of ether oxygens (including phenoxy) is 2. The molecule has 0 radical (unpaired) electrons. The highest BCUT2D eigenvalue weighted by molar-refractivity contribution is 7.99. The van der Waals surface area contributed by atoms with Crippen LogP contribution in [0.5, 0.6) is 0 Å². The van der Waals surface area contributed by atoms with Crippen LogP contribution in [0.4, 0.5) is 11.5 Å². The van der Waals surface area contributed by atoms with E-state index in [-0.39, 0.29) is 22.5 Å². The molecule has 1 fully saturated rings. The van der Waals surface area contributed by atoms with E-state index in [0.717, 1.165) is 6.42 Å². The van der Waals surface area contributed by atoms with Crippen molar-refractivity contribution in [2.24, 2.45) is 0 Å². The van der Waals surface area contributed by atoms with Gasteiger partial charge in [0.05, 0.1) is 24.2 Å². The molecule has 1 aromatic heterocycles. The highest BCUT2D eigenvalue weighted by Crippen LogP contribution is 2.35. The number of aromatic nitrogens is 2. The third kappa shape index (κ3) is 5.41. The van der Waals surface area contributed by atoms with Crippen LogP contribution >= 0.6 is 23.4 Å². The number of halogens is 1. The predicted octanol–water partition coefficient (Wildman–Crippen LogP) is 1.00. The number of nitro groups is 1. The number of rotatable bonds is 9. The largest absolute Gasteiger partial charge is 0.467 e. The van der Waals surface area contributed by atoms with Crippen LogP contribution in [0.1, 0.15) is 19.8 Å². The van der Waals surface area contributed by atoms with Gasteiger partial charge in [0.15, 0.2) is 5.16 Å².